The Balaban J connectivity index is 2.19. The lowest BCUT2D eigenvalue weighted by atomic mass is 10.2. The summed E-state index contributed by atoms with van der Waals surface area (Å²) in [6, 6.07) is 2.85. The summed E-state index contributed by atoms with van der Waals surface area (Å²) >= 11 is 0. The Morgan fingerprint density at radius 3 is 2.67 bits per heavy atom. The predicted molar refractivity (Wildman–Crippen MR) is 66.9 cm³/mol. The number of nitrogens with zero attached hydrogens (tertiary/aromatic N) is 1. The summed E-state index contributed by atoms with van der Waals surface area (Å²) in [6.07, 6.45) is 0.667. The van der Waals surface area contributed by atoms with Crippen LogP contribution in [0.5, 0.6) is 0 Å². The van der Waals surface area contributed by atoms with Crippen LogP contribution in [-0.4, -0.2) is 29.8 Å². The number of anilines is 1. The van der Waals surface area contributed by atoms with Crippen molar-refractivity contribution in [1.82, 2.24) is 10.3 Å². The molecular weight excluding hydrogens is 237 g/mol. The number of carbonyl (C=O) groups is 1. The standard InChI is InChI=1S/C12H18FN3O2/c1-12(2,3)18-11(17)15-7-6-14-10-5-4-9(13)8-16-10/h4-5,8H,6-7H2,1-3H3,(H,14,16)(H,15,17). The van der Waals surface area contributed by atoms with Crippen molar-refractivity contribution in [2.24, 2.45) is 0 Å². The lowest BCUT2D eigenvalue weighted by molar-refractivity contribution is 0.0530. The molecule has 0 unspecified atom stereocenters. The second-order valence-electron chi connectivity index (χ2n) is 4.72. The number of halogens is 1. The van der Waals surface area contributed by atoms with Gasteiger partial charge in [-0.25, -0.2) is 14.2 Å². The fourth-order valence-electron chi connectivity index (χ4n) is 1.15. The van der Waals surface area contributed by atoms with E-state index in [1.807, 2.05) is 0 Å². The lowest BCUT2D eigenvalue weighted by Crippen LogP contribution is -2.35. The van der Waals surface area contributed by atoms with E-state index in [1.165, 1.54) is 12.1 Å². The van der Waals surface area contributed by atoms with Gasteiger partial charge in [-0.2, -0.15) is 0 Å². The minimum absolute atomic E-state index is 0.382. The van der Waals surface area contributed by atoms with Crippen molar-refractivity contribution in [3.8, 4) is 0 Å². The topological polar surface area (TPSA) is 63.2 Å². The molecule has 18 heavy (non-hydrogen) atoms. The van der Waals surface area contributed by atoms with Gasteiger partial charge in [-0.05, 0) is 32.9 Å². The molecule has 1 aromatic rings. The number of hydrogen-bond donors (Lipinski definition) is 2. The van der Waals surface area contributed by atoms with E-state index in [9.17, 15) is 9.18 Å². The van der Waals surface area contributed by atoms with Crippen LogP contribution < -0.4 is 10.6 Å². The van der Waals surface area contributed by atoms with E-state index in [0.717, 1.165) is 6.20 Å². The van der Waals surface area contributed by atoms with Gasteiger partial charge in [0.1, 0.15) is 17.2 Å². The predicted octanol–water partition coefficient (Wildman–Crippen LogP) is 2.16. The SMILES string of the molecule is CC(C)(C)OC(=O)NCCNc1ccc(F)cn1. The van der Waals surface area contributed by atoms with Crippen LogP contribution in [0.2, 0.25) is 0 Å². The highest BCUT2D eigenvalue weighted by Gasteiger charge is 2.15. The Bertz CT molecular complexity index is 387. The van der Waals surface area contributed by atoms with Crippen LogP contribution in [0, 0.1) is 5.82 Å². The van der Waals surface area contributed by atoms with Gasteiger partial charge in [-0.3, -0.25) is 0 Å². The molecule has 0 radical (unpaired) electrons. The number of nitrogens with one attached hydrogen (secondary N) is 2. The van der Waals surface area contributed by atoms with Crippen LogP contribution in [0.1, 0.15) is 20.8 Å². The van der Waals surface area contributed by atoms with Crippen molar-refractivity contribution in [3.63, 3.8) is 0 Å². The Morgan fingerprint density at radius 1 is 1.39 bits per heavy atom. The zero-order valence-electron chi connectivity index (χ0n) is 10.8. The molecule has 0 aliphatic rings. The van der Waals surface area contributed by atoms with Gasteiger partial charge < -0.3 is 15.4 Å². The Morgan fingerprint density at radius 2 is 2.11 bits per heavy atom. The Hall–Kier alpha value is -1.85. The van der Waals surface area contributed by atoms with E-state index in [4.69, 9.17) is 4.74 Å². The maximum absolute atomic E-state index is 12.6. The summed E-state index contributed by atoms with van der Waals surface area (Å²) in [5, 5.41) is 5.54. The fourth-order valence-corrected chi connectivity index (χ4v) is 1.15. The van der Waals surface area contributed by atoms with Crippen molar-refractivity contribution in [1.29, 1.82) is 0 Å². The lowest BCUT2D eigenvalue weighted by Gasteiger charge is -2.19. The fraction of sp³-hybridized carbons (Fsp3) is 0.500. The molecule has 0 saturated heterocycles. The van der Waals surface area contributed by atoms with Gasteiger partial charge in [0.25, 0.3) is 0 Å². The summed E-state index contributed by atoms with van der Waals surface area (Å²) < 4.78 is 17.6. The van der Waals surface area contributed by atoms with Crippen molar-refractivity contribution < 1.29 is 13.9 Å². The quantitative estimate of drug-likeness (QED) is 0.809. The first-order valence-corrected chi connectivity index (χ1v) is 5.69. The summed E-state index contributed by atoms with van der Waals surface area (Å²) in [7, 11) is 0. The van der Waals surface area contributed by atoms with Crippen LogP contribution >= 0.6 is 0 Å². The maximum atomic E-state index is 12.6. The number of ether oxygens (including phenoxy) is 1. The average Bonchev–Trinajstić information content (AvgIpc) is 2.24. The van der Waals surface area contributed by atoms with E-state index in [0.29, 0.717) is 18.9 Å². The minimum Gasteiger partial charge on any atom is -0.444 e. The molecule has 0 spiro atoms. The molecule has 0 fully saturated rings. The number of aromatic nitrogens is 1. The van der Waals surface area contributed by atoms with Crippen LogP contribution in [0.15, 0.2) is 18.3 Å². The second kappa shape index (κ2) is 6.18. The first-order chi connectivity index (χ1) is 8.37. The summed E-state index contributed by atoms with van der Waals surface area (Å²) in [5.41, 5.74) is -0.504. The van der Waals surface area contributed by atoms with Gasteiger partial charge >= 0.3 is 6.09 Å². The molecule has 1 aromatic heterocycles. The zero-order chi connectivity index (χ0) is 13.6. The molecule has 5 nitrogen and oxygen atoms in total. The highest BCUT2D eigenvalue weighted by Crippen LogP contribution is 2.06. The Labute approximate surface area is 106 Å². The first kappa shape index (κ1) is 14.2. The van der Waals surface area contributed by atoms with Gasteiger partial charge in [0.05, 0.1) is 6.20 Å². The van der Waals surface area contributed by atoms with E-state index in [-0.39, 0.29) is 5.82 Å². The third-order valence-electron chi connectivity index (χ3n) is 1.83. The van der Waals surface area contributed by atoms with Crippen LogP contribution in [0.25, 0.3) is 0 Å². The third-order valence-corrected chi connectivity index (χ3v) is 1.83. The largest absolute Gasteiger partial charge is 0.444 e. The highest BCUT2D eigenvalue weighted by atomic mass is 19.1. The molecule has 0 atom stereocenters. The molecule has 0 saturated carbocycles. The molecule has 1 rings (SSSR count). The van der Waals surface area contributed by atoms with Gasteiger partial charge in [0.2, 0.25) is 0 Å². The van der Waals surface area contributed by atoms with Crippen molar-refractivity contribution in [2.75, 3.05) is 18.4 Å². The van der Waals surface area contributed by atoms with Gasteiger partial charge in [-0.1, -0.05) is 0 Å². The van der Waals surface area contributed by atoms with Crippen LogP contribution in [-0.2, 0) is 4.74 Å². The van der Waals surface area contributed by atoms with Gasteiger partial charge in [0.15, 0.2) is 0 Å². The molecule has 100 valence electrons. The molecule has 2 N–H and O–H groups in total. The van der Waals surface area contributed by atoms with Crippen molar-refractivity contribution >= 4 is 11.9 Å². The zero-order valence-corrected chi connectivity index (χ0v) is 10.8. The van der Waals surface area contributed by atoms with E-state index >= 15 is 0 Å². The van der Waals surface area contributed by atoms with Gasteiger partial charge in [0, 0.05) is 13.1 Å². The number of pyridine rings is 1. The molecule has 1 heterocycles. The summed E-state index contributed by atoms with van der Waals surface area (Å²) in [5.74, 6) is 0.176. The van der Waals surface area contributed by atoms with E-state index < -0.39 is 11.7 Å². The van der Waals surface area contributed by atoms with Crippen molar-refractivity contribution in [2.45, 2.75) is 26.4 Å². The average molecular weight is 255 g/mol. The molecule has 0 bridgehead atoms. The maximum Gasteiger partial charge on any atom is 0.407 e. The van der Waals surface area contributed by atoms with E-state index in [1.54, 1.807) is 20.8 Å². The summed E-state index contributed by atoms with van der Waals surface area (Å²) in [4.78, 5) is 15.1. The number of hydrogen-bond acceptors (Lipinski definition) is 4. The third kappa shape index (κ3) is 6.03. The first-order valence-electron chi connectivity index (χ1n) is 5.69. The molecule has 0 aromatic carbocycles. The number of rotatable bonds is 4. The normalized spacial score (nSPS) is 10.9. The molecular formula is C12H18FN3O2. The molecule has 0 aliphatic carbocycles. The monoisotopic (exact) mass is 255 g/mol. The van der Waals surface area contributed by atoms with Gasteiger partial charge in [-0.15, -0.1) is 0 Å². The molecule has 0 aliphatic heterocycles. The summed E-state index contributed by atoms with van der Waals surface area (Å²) in [6.45, 7) is 6.28. The minimum atomic E-state index is -0.504. The second-order valence-corrected chi connectivity index (χ2v) is 4.72. The van der Waals surface area contributed by atoms with Crippen LogP contribution in [0.3, 0.4) is 0 Å². The van der Waals surface area contributed by atoms with Crippen molar-refractivity contribution in [3.05, 3.63) is 24.1 Å². The Kier molecular flexibility index (Phi) is 4.88. The number of alkyl carbamates (subject to hydrolysis) is 1. The van der Waals surface area contributed by atoms with Crippen LogP contribution in [0.4, 0.5) is 15.0 Å². The smallest absolute Gasteiger partial charge is 0.407 e. The van der Waals surface area contributed by atoms with E-state index in [2.05, 4.69) is 15.6 Å². The number of amides is 1. The molecule has 1 amide bonds. The molecule has 6 heteroatoms. The number of carbonyl (C=O) groups excluding carboxylic acids is 1. The highest BCUT2D eigenvalue weighted by molar-refractivity contribution is 5.67.